The third kappa shape index (κ3) is 3.62. The zero-order valence-electron chi connectivity index (χ0n) is 20.0. The lowest BCUT2D eigenvalue weighted by Gasteiger charge is -2.41. The van der Waals surface area contributed by atoms with Crippen molar-refractivity contribution in [3.63, 3.8) is 0 Å². The van der Waals surface area contributed by atoms with Crippen LogP contribution in [0.3, 0.4) is 0 Å². The topological polar surface area (TPSA) is 96.4 Å². The number of carbonyl (C=O) groups excluding carboxylic acids is 3. The van der Waals surface area contributed by atoms with E-state index < -0.39 is 41.6 Å². The van der Waals surface area contributed by atoms with Crippen molar-refractivity contribution in [2.75, 3.05) is 19.8 Å². The first-order chi connectivity index (χ1) is 15.8. The highest BCUT2D eigenvalue weighted by molar-refractivity contribution is 5.99. The van der Waals surface area contributed by atoms with Crippen LogP contribution in [0.1, 0.15) is 47.0 Å². The number of rotatable bonds is 7. The number of esters is 1. The number of cyclic esters (lactones) is 1. The Kier molecular flexibility index (Phi) is 6.69. The molecule has 8 atom stereocenters. The molecule has 4 heterocycles. The molecule has 0 saturated carbocycles. The molecule has 2 unspecified atom stereocenters. The van der Waals surface area contributed by atoms with Crippen molar-refractivity contribution in [2.24, 2.45) is 17.8 Å². The van der Waals surface area contributed by atoms with Crippen molar-refractivity contribution in [3.8, 4) is 0 Å². The van der Waals surface area contributed by atoms with Gasteiger partial charge >= 0.3 is 5.97 Å². The molecule has 0 aliphatic carbocycles. The van der Waals surface area contributed by atoms with Gasteiger partial charge in [0, 0.05) is 12.6 Å². The van der Waals surface area contributed by atoms with Gasteiger partial charge in [0.15, 0.2) is 0 Å². The second-order valence-corrected chi connectivity index (χ2v) is 9.81. The molecular weight excluding hydrogens is 424 g/mol. The summed E-state index contributed by atoms with van der Waals surface area (Å²) in [7, 11) is 0. The minimum Gasteiger partial charge on any atom is -0.461 e. The van der Waals surface area contributed by atoms with Gasteiger partial charge < -0.3 is 24.4 Å². The fourth-order valence-electron chi connectivity index (χ4n) is 6.07. The van der Waals surface area contributed by atoms with E-state index in [0.29, 0.717) is 6.54 Å². The lowest BCUT2D eigenvalue weighted by atomic mass is 9.78. The number of hydrogen-bond donors (Lipinski definition) is 1. The van der Waals surface area contributed by atoms with E-state index in [-0.39, 0.29) is 37.0 Å². The van der Waals surface area contributed by atoms with Crippen molar-refractivity contribution < 1.29 is 29.0 Å². The molecule has 8 heteroatoms. The lowest BCUT2D eigenvalue weighted by Crippen LogP contribution is -2.60. The van der Waals surface area contributed by atoms with Gasteiger partial charge in [0.05, 0.1) is 24.7 Å². The molecule has 4 aliphatic heterocycles. The Labute approximate surface area is 195 Å². The summed E-state index contributed by atoms with van der Waals surface area (Å²) in [4.78, 5) is 44.4. The molecule has 2 saturated heterocycles. The maximum atomic E-state index is 14.1. The Balaban J connectivity index is 1.85. The van der Waals surface area contributed by atoms with Crippen LogP contribution in [0.4, 0.5) is 0 Å². The number of fused-ring (bicyclic) bond motifs is 2. The van der Waals surface area contributed by atoms with Gasteiger partial charge in [-0.25, -0.2) is 0 Å². The summed E-state index contributed by atoms with van der Waals surface area (Å²) in [6, 6.07) is -1.49. The van der Waals surface area contributed by atoms with Crippen molar-refractivity contribution >= 4 is 17.8 Å². The maximum Gasteiger partial charge on any atom is 0.313 e. The van der Waals surface area contributed by atoms with Crippen LogP contribution in [0.25, 0.3) is 0 Å². The number of nitrogens with zero attached hydrogens (tertiary/aromatic N) is 2. The smallest absolute Gasteiger partial charge is 0.313 e. The number of amides is 2. The molecule has 0 aromatic heterocycles. The van der Waals surface area contributed by atoms with Crippen molar-refractivity contribution in [1.82, 2.24) is 9.80 Å². The molecule has 4 rings (SSSR count). The van der Waals surface area contributed by atoms with Crippen LogP contribution in [0.5, 0.6) is 0 Å². The minimum atomic E-state index is -1.27. The first-order valence-corrected chi connectivity index (χ1v) is 12.2. The fraction of sp³-hybridized carbons (Fsp3) is 0.720. The minimum absolute atomic E-state index is 0.00813. The van der Waals surface area contributed by atoms with E-state index in [1.165, 1.54) is 0 Å². The first kappa shape index (κ1) is 24.0. The third-order valence-corrected chi connectivity index (χ3v) is 7.97. The predicted octanol–water partition coefficient (Wildman–Crippen LogP) is 1.67. The van der Waals surface area contributed by atoms with Crippen LogP contribution >= 0.6 is 0 Å². The highest BCUT2D eigenvalue weighted by Gasteiger charge is 2.72. The highest BCUT2D eigenvalue weighted by atomic mass is 16.6. The van der Waals surface area contributed by atoms with Crippen LogP contribution in [0.2, 0.25) is 0 Å². The molecule has 4 aliphatic rings. The molecule has 0 radical (unpaired) electrons. The van der Waals surface area contributed by atoms with Crippen molar-refractivity contribution in [1.29, 1.82) is 0 Å². The Bertz CT molecular complexity index is 856. The van der Waals surface area contributed by atoms with E-state index in [2.05, 4.69) is 6.92 Å². The number of aliphatic hydroxyl groups excluding tert-OH is 1. The Hall–Kier alpha value is -2.19. The summed E-state index contributed by atoms with van der Waals surface area (Å²) in [5, 5.41) is 10.3. The van der Waals surface area contributed by atoms with E-state index in [9.17, 15) is 19.5 Å². The highest BCUT2D eigenvalue weighted by Crippen LogP contribution is 2.54. The van der Waals surface area contributed by atoms with Gasteiger partial charge in [-0.3, -0.25) is 14.4 Å². The van der Waals surface area contributed by atoms with Gasteiger partial charge in [0.25, 0.3) is 0 Å². The molecule has 8 nitrogen and oxygen atoms in total. The molecule has 0 aromatic rings. The summed E-state index contributed by atoms with van der Waals surface area (Å²) < 4.78 is 11.9. The van der Waals surface area contributed by atoms with Gasteiger partial charge in [-0.15, -0.1) is 0 Å². The molecular formula is C25H36N2O6. The second-order valence-electron chi connectivity index (χ2n) is 9.81. The van der Waals surface area contributed by atoms with E-state index in [0.717, 1.165) is 19.3 Å². The SMILES string of the molecule is CCCC(C)N1CC=C[C@]23O[C@@H]4C=CCOC(=O)[C@@H]4[C@H]2C(=O)N([C@@H](CO)[C@@H](C)CC)C3C1=O. The van der Waals surface area contributed by atoms with Gasteiger partial charge in [0.2, 0.25) is 11.8 Å². The number of hydrogen-bond acceptors (Lipinski definition) is 6. The van der Waals surface area contributed by atoms with Crippen LogP contribution < -0.4 is 0 Å². The molecule has 33 heavy (non-hydrogen) atoms. The molecule has 0 bridgehead atoms. The molecule has 182 valence electrons. The van der Waals surface area contributed by atoms with Crippen molar-refractivity contribution in [3.05, 3.63) is 24.3 Å². The maximum absolute atomic E-state index is 14.1. The normalized spacial score (nSPS) is 36.0. The molecule has 0 aromatic carbocycles. The zero-order chi connectivity index (χ0) is 23.9. The lowest BCUT2D eigenvalue weighted by molar-refractivity contribution is -0.156. The molecule has 2 amide bonds. The monoisotopic (exact) mass is 460 g/mol. The average Bonchev–Trinajstić information content (AvgIpc) is 3.09. The Morgan fingerprint density at radius 2 is 1.94 bits per heavy atom. The molecule has 1 N–H and O–H groups in total. The number of carbonyl (C=O) groups is 3. The summed E-state index contributed by atoms with van der Waals surface area (Å²) in [6.45, 7) is 8.35. The predicted molar refractivity (Wildman–Crippen MR) is 121 cm³/mol. The first-order valence-electron chi connectivity index (χ1n) is 12.2. The fourth-order valence-corrected chi connectivity index (χ4v) is 6.07. The average molecular weight is 461 g/mol. The van der Waals surface area contributed by atoms with Crippen LogP contribution in [-0.2, 0) is 23.9 Å². The number of likely N-dealkylation sites (tertiary alicyclic amines) is 1. The molecule has 2 fully saturated rings. The van der Waals surface area contributed by atoms with Gasteiger partial charge in [-0.2, -0.15) is 0 Å². The van der Waals surface area contributed by atoms with Gasteiger partial charge in [0.1, 0.15) is 24.2 Å². The van der Waals surface area contributed by atoms with E-state index in [1.807, 2.05) is 32.9 Å². The number of ether oxygens (including phenoxy) is 2. The van der Waals surface area contributed by atoms with Gasteiger partial charge in [-0.1, -0.05) is 51.8 Å². The van der Waals surface area contributed by atoms with Crippen LogP contribution in [0.15, 0.2) is 24.3 Å². The third-order valence-electron chi connectivity index (χ3n) is 7.97. The largest absolute Gasteiger partial charge is 0.461 e. The summed E-state index contributed by atoms with van der Waals surface area (Å²) in [5.41, 5.74) is -1.27. The zero-order valence-corrected chi connectivity index (χ0v) is 20.0. The van der Waals surface area contributed by atoms with Crippen molar-refractivity contribution in [2.45, 2.75) is 76.8 Å². The van der Waals surface area contributed by atoms with Gasteiger partial charge in [-0.05, 0) is 25.3 Å². The summed E-state index contributed by atoms with van der Waals surface area (Å²) in [6.07, 6.45) is 9.10. The van der Waals surface area contributed by atoms with E-state index in [4.69, 9.17) is 9.47 Å². The van der Waals surface area contributed by atoms with E-state index in [1.54, 1.807) is 22.0 Å². The molecule has 1 spiro atoms. The summed E-state index contributed by atoms with van der Waals surface area (Å²) >= 11 is 0. The van der Waals surface area contributed by atoms with E-state index >= 15 is 0 Å². The van der Waals surface area contributed by atoms with Crippen LogP contribution in [0, 0.1) is 17.8 Å². The summed E-state index contributed by atoms with van der Waals surface area (Å²) in [5.74, 6) is -2.71. The standard InChI is InChI=1S/C25H36N2O6/c1-5-9-16(4)26-12-8-11-25-20(19-18(33-25)10-7-13-32-24(19)31)22(29)27(21(25)23(26)30)17(14-28)15(3)6-2/h7-8,10-11,15-21,28H,5-6,9,12-14H2,1-4H3/t15-,16?,17-,18+,19-,20-,21?,25-/m0/s1. The quantitative estimate of drug-likeness (QED) is 0.459. The second kappa shape index (κ2) is 9.22. The Morgan fingerprint density at radius 1 is 1.18 bits per heavy atom. The van der Waals surface area contributed by atoms with Crippen LogP contribution in [-0.4, -0.2) is 82.3 Å². The Morgan fingerprint density at radius 3 is 2.61 bits per heavy atom. The number of aliphatic hydroxyl groups is 1.